The van der Waals surface area contributed by atoms with E-state index in [0.717, 1.165) is 26.6 Å². The third-order valence-electron chi connectivity index (χ3n) is 6.38. The summed E-state index contributed by atoms with van der Waals surface area (Å²) in [6, 6.07) is 31.7. The molecule has 0 saturated carbocycles. The zero-order chi connectivity index (χ0) is 27.2. The van der Waals surface area contributed by atoms with Crippen LogP contribution in [0.25, 0.3) is 11.1 Å². The lowest BCUT2D eigenvalue weighted by molar-refractivity contribution is -0.136. The molecule has 0 atom stereocenters. The Bertz CT molecular complexity index is 1550. The van der Waals surface area contributed by atoms with Gasteiger partial charge >= 0.3 is 5.97 Å². The highest BCUT2D eigenvalue weighted by Crippen LogP contribution is 2.39. The number of nitrogens with zero attached hydrogens (tertiary/aromatic N) is 1. The Morgan fingerprint density at radius 3 is 2.28 bits per heavy atom. The number of aliphatic carboxylic acids is 1. The van der Waals surface area contributed by atoms with Crippen LogP contribution in [0.2, 0.25) is 0 Å². The van der Waals surface area contributed by atoms with Crippen molar-refractivity contribution in [2.75, 3.05) is 16.8 Å². The minimum absolute atomic E-state index is 0.0396. The summed E-state index contributed by atoms with van der Waals surface area (Å²) in [6.07, 6.45) is 2.38. The molecule has 0 bridgehead atoms. The van der Waals surface area contributed by atoms with Gasteiger partial charge in [0.2, 0.25) is 0 Å². The fourth-order valence-corrected chi connectivity index (χ4v) is 5.49. The van der Waals surface area contributed by atoms with Crippen molar-refractivity contribution in [3.8, 4) is 11.1 Å². The fourth-order valence-electron chi connectivity index (χ4n) is 4.42. The maximum absolute atomic E-state index is 13.6. The van der Waals surface area contributed by atoms with Crippen LogP contribution in [0.5, 0.6) is 0 Å². The summed E-state index contributed by atoms with van der Waals surface area (Å²) in [4.78, 5) is 41.3. The molecule has 4 aromatic rings. The molecule has 194 valence electrons. The van der Waals surface area contributed by atoms with E-state index in [2.05, 4.69) is 5.32 Å². The first kappa shape index (κ1) is 26.0. The molecule has 2 amide bonds. The highest BCUT2D eigenvalue weighted by atomic mass is 32.2. The molecule has 0 spiro atoms. The molecule has 5 rings (SSSR count). The van der Waals surface area contributed by atoms with Crippen LogP contribution in [0.1, 0.15) is 33.6 Å². The summed E-state index contributed by atoms with van der Waals surface area (Å²) in [7, 11) is 0. The number of amides is 2. The van der Waals surface area contributed by atoms with E-state index in [9.17, 15) is 14.4 Å². The highest BCUT2D eigenvalue weighted by Gasteiger charge is 2.23. The largest absolute Gasteiger partial charge is 0.481 e. The van der Waals surface area contributed by atoms with Crippen molar-refractivity contribution in [3.05, 3.63) is 125 Å². The summed E-state index contributed by atoms with van der Waals surface area (Å²) in [5, 5.41) is 12.0. The number of thioether (sulfide) groups is 1. The van der Waals surface area contributed by atoms with Crippen LogP contribution in [0.15, 0.2) is 119 Å². The summed E-state index contributed by atoms with van der Waals surface area (Å²) in [6.45, 7) is 0.340. The average Bonchev–Trinajstić information content (AvgIpc) is 3.16. The van der Waals surface area contributed by atoms with Gasteiger partial charge in [-0.25, -0.2) is 0 Å². The van der Waals surface area contributed by atoms with Crippen molar-refractivity contribution >= 4 is 40.9 Å². The second-order valence-electron chi connectivity index (χ2n) is 8.99. The average molecular weight is 535 g/mol. The highest BCUT2D eigenvalue weighted by molar-refractivity contribution is 8.03. The topological polar surface area (TPSA) is 86.7 Å². The van der Waals surface area contributed by atoms with Crippen LogP contribution in [0.3, 0.4) is 0 Å². The molecule has 0 aromatic heterocycles. The maximum Gasteiger partial charge on any atom is 0.303 e. The van der Waals surface area contributed by atoms with Crippen molar-refractivity contribution in [1.82, 2.24) is 0 Å². The number of carbonyl (C=O) groups is 3. The van der Waals surface area contributed by atoms with Crippen molar-refractivity contribution in [1.29, 1.82) is 0 Å². The van der Waals surface area contributed by atoms with E-state index in [1.54, 1.807) is 35.2 Å². The van der Waals surface area contributed by atoms with Gasteiger partial charge in [-0.05, 0) is 64.9 Å². The van der Waals surface area contributed by atoms with E-state index >= 15 is 0 Å². The molecule has 0 aliphatic carbocycles. The Balaban J connectivity index is 1.33. The predicted octanol–water partition coefficient (Wildman–Crippen LogP) is 7.11. The van der Waals surface area contributed by atoms with Gasteiger partial charge in [-0.15, -0.1) is 0 Å². The van der Waals surface area contributed by atoms with E-state index in [1.807, 2.05) is 78.9 Å². The van der Waals surface area contributed by atoms with Gasteiger partial charge in [0, 0.05) is 34.7 Å². The van der Waals surface area contributed by atoms with E-state index < -0.39 is 5.97 Å². The van der Waals surface area contributed by atoms with Crippen molar-refractivity contribution in [2.45, 2.75) is 17.7 Å². The molecule has 39 heavy (non-hydrogen) atoms. The molecule has 2 N–H and O–H groups in total. The number of hydrogen-bond acceptors (Lipinski definition) is 4. The third kappa shape index (κ3) is 6.10. The Morgan fingerprint density at radius 2 is 1.51 bits per heavy atom. The summed E-state index contributed by atoms with van der Waals surface area (Å²) >= 11 is 1.50. The lowest BCUT2D eigenvalue weighted by atomic mass is 9.99. The second-order valence-corrected chi connectivity index (χ2v) is 10.2. The Labute approximate surface area is 231 Å². The molecule has 0 radical (unpaired) electrons. The van der Waals surface area contributed by atoms with Crippen molar-refractivity contribution in [3.63, 3.8) is 0 Å². The van der Waals surface area contributed by atoms with Gasteiger partial charge in [-0.1, -0.05) is 78.5 Å². The van der Waals surface area contributed by atoms with Crippen LogP contribution in [0, 0.1) is 0 Å². The molecule has 1 aliphatic rings. The number of carbonyl (C=O) groups excluding carboxylic acids is 2. The lowest BCUT2D eigenvalue weighted by Gasteiger charge is -2.22. The number of carboxylic acids is 1. The Kier molecular flexibility index (Phi) is 7.89. The zero-order valence-corrected chi connectivity index (χ0v) is 21.9. The number of carboxylic acid groups (broad SMARTS) is 1. The summed E-state index contributed by atoms with van der Waals surface area (Å²) in [5.74, 6) is -1.25. The maximum atomic E-state index is 13.6. The minimum Gasteiger partial charge on any atom is -0.481 e. The number of hydrogen-bond donors (Lipinski definition) is 2. The Morgan fingerprint density at radius 1 is 0.821 bits per heavy atom. The van der Waals surface area contributed by atoms with Crippen molar-refractivity contribution in [2.24, 2.45) is 0 Å². The number of allylic oxidation sites excluding steroid dienone is 1. The van der Waals surface area contributed by atoms with E-state index in [-0.39, 0.29) is 18.2 Å². The van der Waals surface area contributed by atoms with Crippen LogP contribution in [0.4, 0.5) is 11.4 Å². The van der Waals surface area contributed by atoms with E-state index in [4.69, 9.17) is 5.11 Å². The molecule has 7 heteroatoms. The number of anilines is 2. The van der Waals surface area contributed by atoms with Gasteiger partial charge in [-0.3, -0.25) is 14.4 Å². The van der Waals surface area contributed by atoms with E-state index in [1.165, 1.54) is 11.8 Å². The predicted molar refractivity (Wildman–Crippen MR) is 155 cm³/mol. The summed E-state index contributed by atoms with van der Waals surface area (Å²) < 4.78 is 0. The van der Waals surface area contributed by atoms with Crippen molar-refractivity contribution < 1.29 is 19.5 Å². The smallest absolute Gasteiger partial charge is 0.303 e. The minimum atomic E-state index is -0.849. The normalized spacial score (nSPS) is 12.6. The SMILES string of the molecule is O=C(O)CCC1=CCN(C(=O)c2ccc(NC(=O)c3ccccc3-c3ccccc3)cc2)c2ccccc2S1. The molecule has 0 unspecified atom stereocenters. The first-order chi connectivity index (χ1) is 19.0. The number of nitrogens with one attached hydrogen (secondary N) is 1. The molecular weight excluding hydrogens is 508 g/mol. The van der Waals surface area contributed by atoms with Gasteiger partial charge < -0.3 is 15.3 Å². The standard InChI is InChI=1S/C32H26N2O4S/c35-30(36)19-18-25-20-21-34(28-12-6-7-13-29(28)39-25)32(38)23-14-16-24(17-15-23)33-31(37)27-11-5-4-10-26(27)22-8-2-1-3-9-22/h1-17,20H,18-19,21H2,(H,33,37)(H,35,36). The van der Waals surface area contributed by atoms with Gasteiger partial charge in [0.1, 0.15) is 0 Å². The first-order valence-electron chi connectivity index (χ1n) is 12.5. The Hall–Kier alpha value is -4.62. The second kappa shape index (κ2) is 11.8. The van der Waals surface area contributed by atoms with Crippen LogP contribution in [-0.4, -0.2) is 29.4 Å². The van der Waals surface area contributed by atoms with Gasteiger partial charge in [-0.2, -0.15) is 0 Å². The molecule has 1 aliphatic heterocycles. The number of fused-ring (bicyclic) bond motifs is 1. The zero-order valence-electron chi connectivity index (χ0n) is 21.0. The monoisotopic (exact) mass is 534 g/mol. The fraction of sp³-hybridized carbons (Fsp3) is 0.0938. The van der Waals surface area contributed by atoms with Gasteiger partial charge in [0.25, 0.3) is 11.8 Å². The van der Waals surface area contributed by atoms with E-state index in [0.29, 0.717) is 29.8 Å². The van der Waals surface area contributed by atoms with Gasteiger partial charge in [0.15, 0.2) is 0 Å². The molecule has 0 fully saturated rings. The summed E-state index contributed by atoms with van der Waals surface area (Å²) in [5.41, 5.74) is 4.22. The van der Waals surface area contributed by atoms with Gasteiger partial charge in [0.05, 0.1) is 5.69 Å². The molecule has 0 saturated heterocycles. The number of benzene rings is 4. The third-order valence-corrected chi connectivity index (χ3v) is 7.57. The molecule has 6 nitrogen and oxygen atoms in total. The number of para-hydroxylation sites is 1. The van der Waals surface area contributed by atoms with Crippen LogP contribution in [-0.2, 0) is 4.79 Å². The quantitative estimate of drug-likeness (QED) is 0.264. The lowest BCUT2D eigenvalue weighted by Crippen LogP contribution is -2.31. The molecule has 1 heterocycles. The first-order valence-corrected chi connectivity index (χ1v) is 13.4. The molecular formula is C32H26N2O4S. The van der Waals surface area contributed by atoms with Crippen LogP contribution < -0.4 is 10.2 Å². The molecule has 4 aromatic carbocycles. The van der Waals surface area contributed by atoms with Crippen LogP contribution >= 0.6 is 11.8 Å². The number of rotatable bonds is 7.